The summed E-state index contributed by atoms with van der Waals surface area (Å²) in [7, 11) is 2.93. The molecule has 0 unspecified atom stereocenters. The zero-order chi connectivity index (χ0) is 22.2. The largest absolute Gasteiger partial charge is 0.493 e. The standard InChI is InChI=1S/C21H22N2O8/c1-27-15-7-5-14(10-17(15)28-2)21(26)23-22-19(24)11-29-20(25)8-4-13-3-6-16-18(9-13)31-12-30-16/h3,5-7,9-10H,4,8,11-12H2,1-2H3,(H,22,24)(H,23,26). The van der Waals surface area contributed by atoms with Crippen molar-refractivity contribution in [2.45, 2.75) is 12.8 Å². The number of hydrogen-bond donors (Lipinski definition) is 2. The summed E-state index contributed by atoms with van der Waals surface area (Å²) in [6.07, 6.45) is 0.512. The van der Waals surface area contributed by atoms with Crippen molar-refractivity contribution in [3.8, 4) is 23.0 Å². The Morgan fingerprint density at radius 3 is 2.48 bits per heavy atom. The second kappa shape index (κ2) is 10.2. The van der Waals surface area contributed by atoms with Crippen molar-refractivity contribution in [3.63, 3.8) is 0 Å². The number of esters is 1. The summed E-state index contributed by atoms with van der Waals surface area (Å²) in [4.78, 5) is 35.9. The van der Waals surface area contributed by atoms with Gasteiger partial charge in [0.1, 0.15) is 0 Å². The Bertz CT molecular complexity index is 976. The number of hydrogen-bond acceptors (Lipinski definition) is 8. The first-order chi connectivity index (χ1) is 15.0. The van der Waals surface area contributed by atoms with Crippen LogP contribution in [0.1, 0.15) is 22.3 Å². The van der Waals surface area contributed by atoms with E-state index < -0.39 is 24.4 Å². The minimum atomic E-state index is -0.676. The van der Waals surface area contributed by atoms with Crippen molar-refractivity contribution in [2.24, 2.45) is 0 Å². The average molecular weight is 430 g/mol. The van der Waals surface area contributed by atoms with Crippen LogP contribution < -0.4 is 29.8 Å². The van der Waals surface area contributed by atoms with Crippen LogP contribution in [0.5, 0.6) is 23.0 Å². The minimum Gasteiger partial charge on any atom is -0.493 e. The zero-order valence-corrected chi connectivity index (χ0v) is 17.1. The van der Waals surface area contributed by atoms with Crippen molar-refractivity contribution < 1.29 is 38.1 Å². The molecule has 1 heterocycles. The summed E-state index contributed by atoms with van der Waals surface area (Å²) in [5.41, 5.74) is 5.56. The molecule has 10 nitrogen and oxygen atoms in total. The van der Waals surface area contributed by atoms with Gasteiger partial charge in [-0.05, 0) is 42.3 Å². The molecule has 31 heavy (non-hydrogen) atoms. The molecule has 164 valence electrons. The lowest BCUT2D eigenvalue weighted by molar-refractivity contribution is -0.148. The molecule has 2 aromatic rings. The number of amides is 2. The molecule has 0 aliphatic carbocycles. The normalized spacial score (nSPS) is 11.4. The molecule has 2 N–H and O–H groups in total. The summed E-state index contributed by atoms with van der Waals surface area (Å²) in [6.45, 7) is -0.343. The minimum absolute atomic E-state index is 0.0882. The topological polar surface area (TPSA) is 121 Å². The van der Waals surface area contributed by atoms with Crippen LogP contribution in [0, 0.1) is 0 Å². The van der Waals surface area contributed by atoms with E-state index in [9.17, 15) is 14.4 Å². The Morgan fingerprint density at radius 2 is 1.71 bits per heavy atom. The summed E-state index contributed by atoms with van der Waals surface area (Å²) in [5.74, 6) is 0.356. The first-order valence-corrected chi connectivity index (χ1v) is 9.35. The number of carbonyl (C=O) groups excluding carboxylic acids is 3. The maximum atomic E-state index is 12.1. The fourth-order valence-corrected chi connectivity index (χ4v) is 2.77. The van der Waals surface area contributed by atoms with E-state index in [2.05, 4.69) is 10.9 Å². The molecule has 1 aliphatic rings. The highest BCUT2D eigenvalue weighted by molar-refractivity contribution is 5.96. The van der Waals surface area contributed by atoms with E-state index in [-0.39, 0.29) is 18.8 Å². The van der Waals surface area contributed by atoms with Crippen LogP contribution in [0.3, 0.4) is 0 Å². The molecule has 0 fully saturated rings. The Labute approximate surface area is 178 Å². The van der Waals surface area contributed by atoms with E-state index in [1.54, 1.807) is 18.2 Å². The van der Waals surface area contributed by atoms with Crippen molar-refractivity contribution in [1.29, 1.82) is 0 Å². The van der Waals surface area contributed by atoms with Gasteiger partial charge in [-0.15, -0.1) is 0 Å². The predicted molar refractivity (Wildman–Crippen MR) is 107 cm³/mol. The van der Waals surface area contributed by atoms with Crippen LogP contribution in [0.2, 0.25) is 0 Å². The van der Waals surface area contributed by atoms with Crippen LogP contribution in [0.4, 0.5) is 0 Å². The molecule has 0 radical (unpaired) electrons. The Morgan fingerprint density at radius 1 is 0.935 bits per heavy atom. The molecule has 0 spiro atoms. The van der Waals surface area contributed by atoms with Gasteiger partial charge in [-0.3, -0.25) is 25.2 Å². The van der Waals surface area contributed by atoms with Gasteiger partial charge >= 0.3 is 5.97 Å². The van der Waals surface area contributed by atoms with Gasteiger partial charge in [0.05, 0.1) is 14.2 Å². The highest BCUT2D eigenvalue weighted by Gasteiger charge is 2.15. The first kappa shape index (κ1) is 21.8. The van der Waals surface area contributed by atoms with E-state index in [0.29, 0.717) is 29.4 Å². The quantitative estimate of drug-likeness (QED) is 0.476. The average Bonchev–Trinajstić information content (AvgIpc) is 3.27. The van der Waals surface area contributed by atoms with E-state index in [1.165, 1.54) is 26.4 Å². The number of ether oxygens (including phenoxy) is 5. The summed E-state index contributed by atoms with van der Waals surface area (Å²) >= 11 is 0. The Balaban J connectivity index is 1.38. The van der Waals surface area contributed by atoms with Crippen molar-refractivity contribution in [1.82, 2.24) is 10.9 Å². The van der Waals surface area contributed by atoms with E-state index in [1.807, 2.05) is 6.07 Å². The number of rotatable bonds is 8. The molecular weight excluding hydrogens is 408 g/mol. The fourth-order valence-electron chi connectivity index (χ4n) is 2.77. The molecule has 0 bridgehead atoms. The van der Waals surface area contributed by atoms with E-state index in [4.69, 9.17) is 23.7 Å². The molecule has 0 atom stereocenters. The number of aryl methyl sites for hydroxylation is 1. The molecule has 1 aliphatic heterocycles. The van der Waals surface area contributed by atoms with Gasteiger partial charge in [0.25, 0.3) is 11.8 Å². The number of hydrazine groups is 1. The number of methoxy groups -OCH3 is 2. The highest BCUT2D eigenvalue weighted by atomic mass is 16.7. The van der Waals surface area contributed by atoms with Crippen LogP contribution in [0.25, 0.3) is 0 Å². The summed E-state index contributed by atoms with van der Waals surface area (Å²) in [5, 5.41) is 0. The van der Waals surface area contributed by atoms with Crippen LogP contribution in [0.15, 0.2) is 36.4 Å². The second-order valence-corrected chi connectivity index (χ2v) is 6.42. The van der Waals surface area contributed by atoms with Gasteiger partial charge in [0.15, 0.2) is 29.6 Å². The smallest absolute Gasteiger partial charge is 0.306 e. The number of nitrogens with one attached hydrogen (secondary N) is 2. The summed E-state index contributed by atoms with van der Waals surface area (Å²) in [6, 6.07) is 9.95. The van der Waals surface area contributed by atoms with Crippen molar-refractivity contribution in [2.75, 3.05) is 27.6 Å². The van der Waals surface area contributed by atoms with Gasteiger partial charge in [-0.1, -0.05) is 6.07 Å². The molecule has 0 aromatic heterocycles. The lowest BCUT2D eigenvalue weighted by Crippen LogP contribution is -2.43. The SMILES string of the molecule is COc1ccc(C(=O)NNC(=O)COC(=O)CCc2ccc3c(c2)OCO3)cc1OC. The molecule has 0 saturated heterocycles. The van der Waals surface area contributed by atoms with Gasteiger partial charge in [0, 0.05) is 12.0 Å². The zero-order valence-electron chi connectivity index (χ0n) is 17.1. The lowest BCUT2D eigenvalue weighted by atomic mass is 10.1. The third kappa shape index (κ3) is 5.78. The van der Waals surface area contributed by atoms with Gasteiger partial charge in [-0.25, -0.2) is 0 Å². The maximum absolute atomic E-state index is 12.1. The molecule has 0 saturated carbocycles. The second-order valence-electron chi connectivity index (χ2n) is 6.42. The van der Waals surface area contributed by atoms with Gasteiger partial charge in [0.2, 0.25) is 6.79 Å². The maximum Gasteiger partial charge on any atom is 0.306 e. The molecule has 10 heteroatoms. The fraction of sp³-hybridized carbons (Fsp3) is 0.286. The molecular formula is C21H22N2O8. The third-order valence-corrected chi connectivity index (χ3v) is 4.38. The van der Waals surface area contributed by atoms with E-state index in [0.717, 1.165) is 5.56 Å². The highest BCUT2D eigenvalue weighted by Crippen LogP contribution is 2.32. The van der Waals surface area contributed by atoms with Gasteiger partial charge in [-0.2, -0.15) is 0 Å². The van der Waals surface area contributed by atoms with Crippen LogP contribution in [-0.4, -0.2) is 45.4 Å². The predicted octanol–water partition coefficient (Wildman–Crippen LogP) is 1.37. The number of fused-ring (bicyclic) bond motifs is 1. The third-order valence-electron chi connectivity index (χ3n) is 4.38. The van der Waals surface area contributed by atoms with Crippen LogP contribution >= 0.6 is 0 Å². The van der Waals surface area contributed by atoms with E-state index >= 15 is 0 Å². The Kier molecular flexibility index (Phi) is 7.15. The van der Waals surface area contributed by atoms with Crippen molar-refractivity contribution in [3.05, 3.63) is 47.5 Å². The molecule has 3 rings (SSSR count). The molecule has 2 amide bonds. The monoisotopic (exact) mass is 430 g/mol. The number of benzene rings is 2. The number of carbonyl (C=O) groups is 3. The summed E-state index contributed by atoms with van der Waals surface area (Å²) < 4.78 is 25.7. The first-order valence-electron chi connectivity index (χ1n) is 9.35. The Hall–Kier alpha value is -3.95. The van der Waals surface area contributed by atoms with Crippen LogP contribution in [-0.2, 0) is 20.7 Å². The lowest BCUT2D eigenvalue weighted by Gasteiger charge is -2.11. The van der Waals surface area contributed by atoms with Gasteiger partial charge < -0.3 is 23.7 Å². The van der Waals surface area contributed by atoms with Crippen molar-refractivity contribution >= 4 is 17.8 Å². The molecule has 2 aromatic carbocycles.